The van der Waals surface area contributed by atoms with Crippen molar-refractivity contribution in [2.45, 2.75) is 20.4 Å². The number of anilines is 1. The summed E-state index contributed by atoms with van der Waals surface area (Å²) in [5.74, 6) is 1.16. The number of hydrogen-bond acceptors (Lipinski definition) is 6. The summed E-state index contributed by atoms with van der Waals surface area (Å²) in [4.78, 5) is 18.8. The molecule has 8 heteroatoms. The van der Waals surface area contributed by atoms with Gasteiger partial charge >= 0.3 is 6.09 Å². The van der Waals surface area contributed by atoms with Crippen LogP contribution in [-0.4, -0.2) is 44.5 Å². The fourth-order valence-corrected chi connectivity index (χ4v) is 3.38. The highest BCUT2D eigenvalue weighted by molar-refractivity contribution is 6.31. The molecule has 1 aliphatic heterocycles. The number of pyridine rings is 1. The van der Waals surface area contributed by atoms with E-state index in [2.05, 4.69) is 15.2 Å². The van der Waals surface area contributed by atoms with Crippen LogP contribution in [0.15, 0.2) is 24.4 Å². The molecular formula is C20H24ClN3O4. The number of nitrogens with one attached hydrogen (secondary N) is 1. The van der Waals surface area contributed by atoms with Gasteiger partial charge in [-0.2, -0.15) is 0 Å². The third-order valence-corrected chi connectivity index (χ3v) is 4.81. The minimum absolute atomic E-state index is 0.234. The molecular weight excluding hydrogens is 382 g/mol. The lowest BCUT2D eigenvalue weighted by Gasteiger charge is -2.29. The highest BCUT2D eigenvalue weighted by Crippen LogP contribution is 2.28. The fourth-order valence-electron chi connectivity index (χ4n) is 3.16. The first kappa shape index (κ1) is 20.2. The maximum Gasteiger partial charge on any atom is 0.412 e. The number of benzene rings is 1. The van der Waals surface area contributed by atoms with Gasteiger partial charge in [-0.05, 0) is 26.0 Å². The van der Waals surface area contributed by atoms with Gasteiger partial charge in [-0.15, -0.1) is 0 Å². The molecule has 2 heterocycles. The van der Waals surface area contributed by atoms with Crippen molar-refractivity contribution in [2.24, 2.45) is 0 Å². The number of aryl methyl sites for hydroxylation is 1. The second kappa shape index (κ2) is 9.12. The molecule has 0 radical (unpaired) electrons. The van der Waals surface area contributed by atoms with E-state index in [0.29, 0.717) is 24.0 Å². The van der Waals surface area contributed by atoms with Crippen molar-refractivity contribution in [2.75, 3.05) is 38.3 Å². The zero-order chi connectivity index (χ0) is 20.1. The van der Waals surface area contributed by atoms with E-state index in [0.717, 1.165) is 41.3 Å². The molecule has 3 rings (SSSR count). The summed E-state index contributed by atoms with van der Waals surface area (Å²) in [6.07, 6.45) is 1.15. The van der Waals surface area contributed by atoms with Gasteiger partial charge in [0.2, 0.25) is 0 Å². The Bertz CT molecular complexity index is 854. The molecule has 2 aromatic rings. The molecule has 0 bridgehead atoms. The second-order valence-electron chi connectivity index (χ2n) is 6.53. The number of aromatic nitrogens is 1. The zero-order valence-corrected chi connectivity index (χ0v) is 17.0. The highest BCUT2D eigenvalue weighted by atomic mass is 35.5. The van der Waals surface area contributed by atoms with E-state index in [4.69, 9.17) is 25.8 Å². The fraction of sp³-hybridized carbons (Fsp3) is 0.400. The number of morpholine rings is 1. The number of nitrogens with zero attached hydrogens (tertiary/aromatic N) is 2. The molecule has 0 aliphatic carbocycles. The predicted molar refractivity (Wildman–Crippen MR) is 108 cm³/mol. The predicted octanol–water partition coefficient (Wildman–Crippen LogP) is 3.49. The molecule has 28 heavy (non-hydrogen) atoms. The lowest BCUT2D eigenvalue weighted by atomic mass is 10.1. The molecule has 1 fully saturated rings. The third kappa shape index (κ3) is 4.85. The number of carbonyl (C=O) groups excluding carboxylic acids is 1. The van der Waals surface area contributed by atoms with Gasteiger partial charge in [-0.1, -0.05) is 11.6 Å². The number of methoxy groups -OCH3 is 1. The minimum atomic E-state index is -0.573. The van der Waals surface area contributed by atoms with E-state index in [9.17, 15) is 4.79 Å². The largest absolute Gasteiger partial charge is 0.496 e. The summed E-state index contributed by atoms with van der Waals surface area (Å²) in [7, 11) is 1.62. The van der Waals surface area contributed by atoms with Crippen LogP contribution in [0.4, 0.5) is 10.5 Å². The van der Waals surface area contributed by atoms with Crippen molar-refractivity contribution in [3.63, 3.8) is 0 Å². The van der Waals surface area contributed by atoms with Crippen molar-refractivity contribution in [1.82, 2.24) is 10.3 Å². The molecule has 0 spiro atoms. The standard InChI is InChI=1S/C20H24ClN3O4/c1-13-11-22-18(14(2)19(13)26-3)12-23-20(25)28-17-9-15(21)8-16(10-17)24-4-6-27-7-5-24/h8-11H,4-7,12H2,1-3H3,(H,23,25). The summed E-state index contributed by atoms with van der Waals surface area (Å²) in [5, 5.41) is 3.23. The van der Waals surface area contributed by atoms with Crippen LogP contribution in [0.2, 0.25) is 5.02 Å². The third-order valence-electron chi connectivity index (χ3n) is 4.59. The average Bonchev–Trinajstić information content (AvgIpc) is 2.68. The SMILES string of the molecule is COc1c(C)cnc(CNC(=O)Oc2cc(Cl)cc(N3CCOCC3)c2)c1C. The molecule has 1 aromatic heterocycles. The Balaban J connectivity index is 1.64. The van der Waals surface area contributed by atoms with Crippen LogP contribution >= 0.6 is 11.6 Å². The first-order valence-corrected chi connectivity index (χ1v) is 9.43. The van der Waals surface area contributed by atoms with Crippen LogP contribution in [0.3, 0.4) is 0 Å². The first-order chi connectivity index (χ1) is 13.5. The summed E-state index contributed by atoms with van der Waals surface area (Å²) in [6.45, 7) is 6.93. The highest BCUT2D eigenvalue weighted by Gasteiger charge is 2.15. The van der Waals surface area contributed by atoms with E-state index in [1.165, 1.54) is 0 Å². The van der Waals surface area contributed by atoms with Crippen LogP contribution < -0.4 is 19.7 Å². The Hall–Kier alpha value is -2.51. The molecule has 1 aromatic carbocycles. The molecule has 1 aliphatic rings. The van der Waals surface area contributed by atoms with Crippen molar-refractivity contribution >= 4 is 23.4 Å². The summed E-state index contributed by atoms with van der Waals surface area (Å²) in [5.41, 5.74) is 3.46. The van der Waals surface area contributed by atoms with Gasteiger partial charge in [-0.3, -0.25) is 4.98 Å². The average molecular weight is 406 g/mol. The Morgan fingerprint density at radius 2 is 2.04 bits per heavy atom. The van der Waals surface area contributed by atoms with Gasteiger partial charge in [0.15, 0.2) is 0 Å². The van der Waals surface area contributed by atoms with E-state index in [1.54, 1.807) is 25.4 Å². The van der Waals surface area contributed by atoms with E-state index < -0.39 is 6.09 Å². The van der Waals surface area contributed by atoms with Gasteiger partial charge in [0.25, 0.3) is 0 Å². The quantitative estimate of drug-likeness (QED) is 0.820. The van der Waals surface area contributed by atoms with Crippen LogP contribution in [0.5, 0.6) is 11.5 Å². The van der Waals surface area contributed by atoms with Crippen molar-refractivity contribution in [3.05, 3.63) is 46.2 Å². The van der Waals surface area contributed by atoms with Crippen LogP contribution in [-0.2, 0) is 11.3 Å². The summed E-state index contributed by atoms with van der Waals surface area (Å²) >= 11 is 6.20. The Morgan fingerprint density at radius 3 is 2.75 bits per heavy atom. The van der Waals surface area contributed by atoms with Gasteiger partial charge in [0.1, 0.15) is 11.5 Å². The summed E-state index contributed by atoms with van der Waals surface area (Å²) < 4.78 is 16.2. The van der Waals surface area contributed by atoms with E-state index >= 15 is 0 Å². The topological polar surface area (TPSA) is 72.9 Å². The van der Waals surface area contributed by atoms with Crippen molar-refractivity contribution in [1.29, 1.82) is 0 Å². The van der Waals surface area contributed by atoms with Gasteiger partial charge in [0.05, 0.1) is 32.6 Å². The van der Waals surface area contributed by atoms with E-state index in [-0.39, 0.29) is 6.54 Å². The Kier molecular flexibility index (Phi) is 6.59. The first-order valence-electron chi connectivity index (χ1n) is 9.06. The molecule has 1 N–H and O–H groups in total. The maximum absolute atomic E-state index is 12.2. The molecule has 0 saturated carbocycles. The van der Waals surface area contributed by atoms with Crippen LogP contribution in [0, 0.1) is 13.8 Å². The number of amides is 1. The molecule has 0 atom stereocenters. The van der Waals surface area contributed by atoms with Crippen molar-refractivity contribution < 1.29 is 19.0 Å². The lowest BCUT2D eigenvalue weighted by molar-refractivity contribution is 0.122. The van der Waals surface area contributed by atoms with Crippen molar-refractivity contribution in [3.8, 4) is 11.5 Å². The molecule has 150 valence electrons. The number of hydrogen-bond donors (Lipinski definition) is 1. The number of ether oxygens (including phenoxy) is 3. The smallest absolute Gasteiger partial charge is 0.412 e. The zero-order valence-electron chi connectivity index (χ0n) is 16.3. The molecule has 7 nitrogen and oxygen atoms in total. The van der Waals surface area contributed by atoms with Gasteiger partial charge in [0, 0.05) is 47.2 Å². The Morgan fingerprint density at radius 1 is 1.29 bits per heavy atom. The van der Waals surface area contributed by atoms with Gasteiger partial charge in [-0.25, -0.2) is 4.79 Å². The van der Waals surface area contributed by atoms with Crippen LogP contribution in [0.25, 0.3) is 0 Å². The second-order valence-corrected chi connectivity index (χ2v) is 6.97. The maximum atomic E-state index is 12.2. The number of rotatable bonds is 5. The summed E-state index contributed by atoms with van der Waals surface area (Å²) in [6, 6.07) is 5.27. The monoisotopic (exact) mass is 405 g/mol. The van der Waals surface area contributed by atoms with E-state index in [1.807, 2.05) is 19.9 Å². The van der Waals surface area contributed by atoms with Gasteiger partial charge < -0.3 is 24.4 Å². The molecule has 1 amide bonds. The number of halogens is 1. The molecule has 0 unspecified atom stereocenters. The Labute approximate surface area is 169 Å². The van der Waals surface area contributed by atoms with Crippen LogP contribution in [0.1, 0.15) is 16.8 Å². The minimum Gasteiger partial charge on any atom is -0.496 e. The number of carbonyl (C=O) groups is 1. The lowest BCUT2D eigenvalue weighted by Crippen LogP contribution is -2.36. The normalized spacial score (nSPS) is 13.9. The molecule has 1 saturated heterocycles.